The largest absolute Gasteiger partial charge is 0.464 e. The van der Waals surface area contributed by atoms with Crippen LogP contribution >= 0.6 is 0 Å². The maximum Gasteiger partial charge on any atom is 0.331 e. The van der Waals surface area contributed by atoms with Gasteiger partial charge in [0.15, 0.2) is 0 Å². The molecule has 2 N–H and O–H groups in total. The molecule has 0 amide bonds. The molecule has 0 aliphatic rings. The Bertz CT molecular complexity index is 399. The number of aliphatic hydroxyl groups excluding tert-OH is 2. The molecule has 0 saturated heterocycles. The van der Waals surface area contributed by atoms with Crippen LogP contribution in [0.25, 0.3) is 0 Å². The van der Waals surface area contributed by atoms with Crippen LogP contribution in [-0.4, -0.2) is 48.6 Å². The molecule has 0 aromatic carbocycles. The van der Waals surface area contributed by atoms with Crippen molar-refractivity contribution in [1.82, 2.24) is 0 Å². The van der Waals surface area contributed by atoms with E-state index in [1.807, 2.05) is 0 Å². The SMILES string of the molecule is O=C(CO)OCCCCCCCCOC(=O)CO.[CH2]CCCCCC[CH2].[CH2]CCCCCC[CH2].[CH2]CCCCCC[CH2]. The van der Waals surface area contributed by atoms with Crippen LogP contribution in [0.1, 0.15) is 154 Å². The molecule has 0 aromatic heterocycles. The van der Waals surface area contributed by atoms with E-state index >= 15 is 0 Å². The highest BCUT2D eigenvalue weighted by Crippen LogP contribution is 2.06. The molecule has 0 heterocycles. The average molecular weight is 599 g/mol. The third kappa shape index (κ3) is 58.5. The van der Waals surface area contributed by atoms with Crippen LogP contribution in [-0.2, 0) is 19.1 Å². The molecular weight excluding hydrogens is 528 g/mol. The van der Waals surface area contributed by atoms with Crippen molar-refractivity contribution in [3.05, 3.63) is 41.5 Å². The molecule has 0 atom stereocenters. The topological polar surface area (TPSA) is 93.1 Å². The Kier molecular flexibility index (Phi) is 56.4. The fourth-order valence-corrected chi connectivity index (χ4v) is 3.50. The van der Waals surface area contributed by atoms with Gasteiger partial charge < -0.3 is 19.7 Å². The number of rotatable bonds is 26. The van der Waals surface area contributed by atoms with Gasteiger partial charge in [0.25, 0.3) is 0 Å². The lowest BCUT2D eigenvalue weighted by Gasteiger charge is -2.04. The molecule has 0 rings (SSSR count). The molecule has 0 bridgehead atoms. The average Bonchev–Trinajstić information content (AvgIpc) is 3.01. The van der Waals surface area contributed by atoms with E-state index in [4.69, 9.17) is 19.7 Å². The lowest BCUT2D eigenvalue weighted by molar-refractivity contribution is -0.147. The first-order valence-corrected chi connectivity index (χ1v) is 16.7. The van der Waals surface area contributed by atoms with Crippen LogP contribution < -0.4 is 0 Å². The molecule has 0 fully saturated rings. The lowest BCUT2D eigenvalue weighted by Crippen LogP contribution is -2.10. The molecule has 42 heavy (non-hydrogen) atoms. The van der Waals surface area contributed by atoms with Crippen molar-refractivity contribution in [1.29, 1.82) is 0 Å². The maximum atomic E-state index is 10.6. The van der Waals surface area contributed by atoms with Gasteiger partial charge in [0.05, 0.1) is 13.2 Å². The standard InChI is InChI=1S/C12H22O6.3C8H16/c13-9-11(15)17-7-5-3-1-2-4-6-8-18-12(16)10-14;3*1-3-5-7-8-6-4-2/h13-14H,1-10H2;3*1-8H2. The van der Waals surface area contributed by atoms with Gasteiger partial charge in [-0.05, 0) is 12.8 Å². The number of unbranched alkanes of at least 4 members (excludes halogenated alkanes) is 20. The molecule has 250 valence electrons. The Morgan fingerprint density at radius 1 is 0.357 bits per heavy atom. The number of carbonyl (C=O) groups excluding carboxylic acids is 2. The zero-order chi connectivity index (χ0) is 32.4. The molecule has 0 unspecified atom stereocenters. The highest BCUT2D eigenvalue weighted by Gasteiger charge is 2.00. The molecule has 0 aromatic rings. The van der Waals surface area contributed by atoms with Crippen LogP contribution in [0, 0.1) is 41.5 Å². The zero-order valence-electron chi connectivity index (χ0n) is 27.6. The number of carbonyl (C=O) groups is 2. The zero-order valence-corrected chi connectivity index (χ0v) is 27.6. The van der Waals surface area contributed by atoms with Crippen molar-refractivity contribution in [3.63, 3.8) is 0 Å². The first kappa shape index (κ1) is 47.8. The minimum atomic E-state index is -0.583. The fourth-order valence-electron chi connectivity index (χ4n) is 3.50. The van der Waals surface area contributed by atoms with Crippen molar-refractivity contribution in [2.24, 2.45) is 0 Å². The number of esters is 2. The van der Waals surface area contributed by atoms with Gasteiger partial charge in [0.2, 0.25) is 0 Å². The van der Waals surface area contributed by atoms with Crippen molar-refractivity contribution < 1.29 is 29.3 Å². The van der Waals surface area contributed by atoms with E-state index in [1.165, 1.54) is 77.0 Å². The van der Waals surface area contributed by atoms with E-state index in [0.717, 1.165) is 77.0 Å². The Morgan fingerprint density at radius 3 is 0.738 bits per heavy atom. The minimum Gasteiger partial charge on any atom is -0.464 e. The summed E-state index contributed by atoms with van der Waals surface area (Å²) in [5.74, 6) is -1.17. The highest BCUT2D eigenvalue weighted by molar-refractivity contribution is 5.70. The molecular formula is C36H70O6. The molecule has 6 nitrogen and oxygen atoms in total. The second-order valence-corrected chi connectivity index (χ2v) is 10.2. The van der Waals surface area contributed by atoms with E-state index in [0.29, 0.717) is 13.2 Å². The van der Waals surface area contributed by atoms with Crippen LogP contribution in [0.5, 0.6) is 0 Å². The molecule has 0 spiro atoms. The maximum absolute atomic E-state index is 10.6. The minimum absolute atomic E-state index is 0.355. The Morgan fingerprint density at radius 2 is 0.548 bits per heavy atom. The molecule has 0 aliphatic heterocycles. The number of hydrogen-bond acceptors (Lipinski definition) is 6. The summed E-state index contributed by atoms with van der Waals surface area (Å²) < 4.78 is 9.41. The first-order chi connectivity index (χ1) is 20.4. The van der Waals surface area contributed by atoms with E-state index in [2.05, 4.69) is 41.5 Å². The third-order valence-corrected chi connectivity index (χ3v) is 6.07. The van der Waals surface area contributed by atoms with Gasteiger partial charge in [0.1, 0.15) is 13.2 Å². The van der Waals surface area contributed by atoms with Crippen LogP contribution in [0.15, 0.2) is 0 Å². The Balaban J connectivity index is -0.000000252. The Labute approximate surface area is 263 Å². The van der Waals surface area contributed by atoms with Gasteiger partial charge in [-0.15, -0.1) is 0 Å². The van der Waals surface area contributed by atoms with Crippen molar-refractivity contribution >= 4 is 11.9 Å². The smallest absolute Gasteiger partial charge is 0.331 e. The second kappa shape index (κ2) is 49.5. The van der Waals surface area contributed by atoms with Crippen molar-refractivity contribution in [2.45, 2.75) is 154 Å². The summed E-state index contributed by atoms with van der Waals surface area (Å²) in [6, 6.07) is 0. The fraction of sp³-hybridized carbons (Fsp3) is 0.778. The van der Waals surface area contributed by atoms with Gasteiger partial charge in [0, 0.05) is 0 Å². The van der Waals surface area contributed by atoms with Gasteiger partial charge >= 0.3 is 11.9 Å². The van der Waals surface area contributed by atoms with E-state index in [9.17, 15) is 9.59 Å². The highest BCUT2D eigenvalue weighted by atomic mass is 16.5. The first-order valence-electron chi connectivity index (χ1n) is 16.7. The summed E-state index contributed by atoms with van der Waals surface area (Å²) in [5.41, 5.74) is 0. The molecule has 6 radical (unpaired) electrons. The predicted octanol–water partition coefficient (Wildman–Crippen LogP) is 9.38. The van der Waals surface area contributed by atoms with Gasteiger partial charge in [-0.2, -0.15) is 0 Å². The quantitative estimate of drug-likeness (QED) is 0.0761. The summed E-state index contributed by atoms with van der Waals surface area (Å²) >= 11 is 0. The van der Waals surface area contributed by atoms with Gasteiger partial charge in [-0.3, -0.25) is 0 Å². The monoisotopic (exact) mass is 599 g/mol. The predicted molar refractivity (Wildman–Crippen MR) is 179 cm³/mol. The molecule has 0 saturated carbocycles. The second-order valence-electron chi connectivity index (χ2n) is 10.2. The summed E-state index contributed by atoms with van der Waals surface area (Å²) in [6.45, 7) is 22.2. The summed E-state index contributed by atoms with van der Waals surface area (Å²) in [4.78, 5) is 21.1. The van der Waals surface area contributed by atoms with Gasteiger partial charge in [-0.25, -0.2) is 9.59 Å². The number of hydrogen-bond donors (Lipinski definition) is 2. The van der Waals surface area contributed by atoms with E-state index < -0.39 is 25.2 Å². The summed E-state index contributed by atoms with van der Waals surface area (Å²) in [6.07, 6.45) is 28.0. The van der Waals surface area contributed by atoms with E-state index in [-0.39, 0.29) is 0 Å². The van der Waals surface area contributed by atoms with Crippen LogP contribution in [0.3, 0.4) is 0 Å². The van der Waals surface area contributed by atoms with Crippen molar-refractivity contribution in [3.8, 4) is 0 Å². The summed E-state index contributed by atoms with van der Waals surface area (Å²) in [7, 11) is 0. The van der Waals surface area contributed by atoms with Gasteiger partial charge in [-0.1, -0.05) is 183 Å². The summed E-state index contributed by atoms with van der Waals surface area (Å²) in [5, 5.41) is 16.8. The Hall–Kier alpha value is -1.14. The van der Waals surface area contributed by atoms with Crippen LogP contribution in [0.2, 0.25) is 0 Å². The third-order valence-electron chi connectivity index (χ3n) is 6.07. The number of ether oxygens (including phenoxy) is 2. The molecule has 6 heteroatoms. The van der Waals surface area contributed by atoms with Crippen molar-refractivity contribution in [2.75, 3.05) is 26.4 Å². The number of aliphatic hydroxyl groups is 2. The van der Waals surface area contributed by atoms with E-state index in [1.54, 1.807) is 0 Å². The molecule has 0 aliphatic carbocycles. The normalized spacial score (nSPS) is 9.90. The van der Waals surface area contributed by atoms with Crippen LogP contribution in [0.4, 0.5) is 0 Å². The lowest BCUT2D eigenvalue weighted by atomic mass is 10.1.